The van der Waals surface area contributed by atoms with E-state index in [4.69, 9.17) is 0 Å². The summed E-state index contributed by atoms with van der Waals surface area (Å²) >= 11 is 1.50. The summed E-state index contributed by atoms with van der Waals surface area (Å²) in [7, 11) is 1.44. The van der Waals surface area contributed by atoms with Gasteiger partial charge in [0.15, 0.2) is 0 Å². The van der Waals surface area contributed by atoms with Gasteiger partial charge in [0, 0.05) is 24.1 Å². The van der Waals surface area contributed by atoms with Crippen LogP contribution >= 0.6 is 11.8 Å². The Morgan fingerprint density at radius 1 is 1.24 bits per heavy atom. The second-order valence-corrected chi connectivity index (χ2v) is 6.47. The van der Waals surface area contributed by atoms with Gasteiger partial charge in [-0.05, 0) is 30.6 Å². The molecule has 0 aromatic heterocycles. The van der Waals surface area contributed by atoms with Gasteiger partial charge >= 0.3 is 5.97 Å². The largest absolute Gasteiger partial charge is 0.480 e. The van der Waals surface area contributed by atoms with Gasteiger partial charge in [0.05, 0.1) is 10.3 Å². The quantitative estimate of drug-likeness (QED) is 0.600. The number of likely N-dealkylation sites (N-methyl/N-ethyl adjacent to an activating group) is 1. The summed E-state index contributed by atoms with van der Waals surface area (Å²) in [5, 5.41) is 21.4. The van der Waals surface area contributed by atoms with Crippen LogP contribution in [0.2, 0.25) is 0 Å². The molecule has 2 aromatic rings. The van der Waals surface area contributed by atoms with Gasteiger partial charge in [-0.2, -0.15) is 11.8 Å². The lowest BCUT2D eigenvalue weighted by Gasteiger charge is -2.25. The van der Waals surface area contributed by atoms with Crippen molar-refractivity contribution in [1.82, 2.24) is 4.90 Å². The van der Waals surface area contributed by atoms with Crippen LogP contribution in [0.25, 0.3) is 10.8 Å². The zero-order chi connectivity index (χ0) is 18.6. The minimum absolute atomic E-state index is 0.0908. The summed E-state index contributed by atoms with van der Waals surface area (Å²) in [6, 6.07) is 8.26. The van der Waals surface area contributed by atoms with Crippen molar-refractivity contribution in [3.05, 3.63) is 52.1 Å². The first kappa shape index (κ1) is 18.7. The Kier molecular flexibility index (Phi) is 5.97. The van der Waals surface area contributed by atoms with Crippen LogP contribution in [0.15, 0.2) is 36.4 Å². The third kappa shape index (κ3) is 3.90. The van der Waals surface area contributed by atoms with Crippen LogP contribution in [0.4, 0.5) is 5.69 Å². The number of hydrogen-bond donors (Lipinski definition) is 1. The number of aliphatic carboxylic acids is 1. The highest BCUT2D eigenvalue weighted by Gasteiger charge is 2.28. The number of nitro groups is 1. The first-order chi connectivity index (χ1) is 11.9. The third-order valence-electron chi connectivity index (χ3n) is 3.99. The lowest BCUT2D eigenvalue weighted by molar-refractivity contribution is -0.383. The van der Waals surface area contributed by atoms with Crippen LogP contribution < -0.4 is 0 Å². The molecule has 0 unspecified atom stereocenters. The lowest BCUT2D eigenvalue weighted by atomic mass is 10.0. The number of carbonyl (C=O) groups is 2. The number of carbonyl (C=O) groups excluding carboxylic acids is 1. The van der Waals surface area contributed by atoms with Crippen LogP contribution in [-0.4, -0.2) is 51.9 Å². The van der Waals surface area contributed by atoms with Crippen molar-refractivity contribution in [3.8, 4) is 0 Å². The number of carboxylic acids is 1. The van der Waals surface area contributed by atoms with E-state index in [0.717, 1.165) is 0 Å². The molecule has 132 valence electrons. The van der Waals surface area contributed by atoms with Crippen LogP contribution in [-0.2, 0) is 4.79 Å². The normalized spacial score (nSPS) is 11.9. The molecule has 0 aliphatic carbocycles. The van der Waals surface area contributed by atoms with E-state index in [1.54, 1.807) is 24.3 Å². The molecule has 0 radical (unpaired) electrons. The third-order valence-corrected chi connectivity index (χ3v) is 4.64. The number of rotatable bonds is 7. The molecule has 0 saturated heterocycles. The van der Waals surface area contributed by atoms with Gasteiger partial charge < -0.3 is 10.0 Å². The maximum Gasteiger partial charge on any atom is 0.326 e. The highest BCUT2D eigenvalue weighted by Crippen LogP contribution is 2.28. The zero-order valence-corrected chi connectivity index (χ0v) is 14.7. The molecule has 0 heterocycles. The summed E-state index contributed by atoms with van der Waals surface area (Å²) in [4.78, 5) is 36.2. The molecule has 8 heteroatoms. The number of non-ortho nitro benzene ring substituents is 1. The Morgan fingerprint density at radius 2 is 1.88 bits per heavy atom. The SMILES string of the molecule is CSCC[C@@H](C(=O)O)N(C)C(=O)c1cccc2c([N+](=O)[O-])cccc12. The predicted molar refractivity (Wildman–Crippen MR) is 97.1 cm³/mol. The topological polar surface area (TPSA) is 101 Å². The molecule has 1 atom stereocenters. The Labute approximate surface area is 148 Å². The van der Waals surface area contributed by atoms with E-state index >= 15 is 0 Å². The van der Waals surface area contributed by atoms with E-state index in [9.17, 15) is 24.8 Å². The van der Waals surface area contributed by atoms with E-state index in [2.05, 4.69) is 0 Å². The van der Waals surface area contributed by atoms with Gasteiger partial charge in [-0.1, -0.05) is 18.2 Å². The van der Waals surface area contributed by atoms with Gasteiger partial charge in [-0.25, -0.2) is 4.79 Å². The maximum absolute atomic E-state index is 12.8. The Morgan fingerprint density at radius 3 is 2.48 bits per heavy atom. The van der Waals surface area contributed by atoms with Crippen LogP contribution in [0.5, 0.6) is 0 Å². The molecule has 25 heavy (non-hydrogen) atoms. The molecule has 0 aliphatic heterocycles. The van der Waals surface area contributed by atoms with Crippen molar-refractivity contribution in [2.45, 2.75) is 12.5 Å². The Balaban J connectivity index is 2.47. The van der Waals surface area contributed by atoms with Crippen LogP contribution in [0.3, 0.4) is 0 Å². The summed E-state index contributed by atoms with van der Waals surface area (Å²) < 4.78 is 0. The average Bonchev–Trinajstić information content (AvgIpc) is 2.59. The molecule has 0 spiro atoms. The van der Waals surface area contributed by atoms with Crippen LogP contribution in [0, 0.1) is 10.1 Å². The van der Waals surface area contributed by atoms with E-state index in [1.165, 1.54) is 35.8 Å². The molecule has 2 aromatic carbocycles. The summed E-state index contributed by atoms with van der Waals surface area (Å²) in [5.74, 6) is -0.939. The summed E-state index contributed by atoms with van der Waals surface area (Å²) in [6.45, 7) is 0. The number of amides is 1. The van der Waals surface area contributed by atoms with Gasteiger partial charge in [0.2, 0.25) is 0 Å². The average molecular weight is 362 g/mol. The smallest absolute Gasteiger partial charge is 0.326 e. The molecule has 0 bridgehead atoms. The van der Waals surface area contributed by atoms with E-state index < -0.39 is 22.8 Å². The predicted octanol–water partition coefficient (Wildman–Crippen LogP) is 3.03. The minimum atomic E-state index is -1.07. The van der Waals surface area contributed by atoms with Crippen molar-refractivity contribution in [1.29, 1.82) is 0 Å². The van der Waals surface area contributed by atoms with Crippen molar-refractivity contribution in [2.75, 3.05) is 19.1 Å². The number of carboxylic acid groups (broad SMARTS) is 1. The molecule has 0 saturated carbocycles. The number of nitro benzene ring substituents is 1. The van der Waals surface area contributed by atoms with Gasteiger partial charge in [-0.3, -0.25) is 14.9 Å². The second-order valence-electron chi connectivity index (χ2n) is 5.49. The fraction of sp³-hybridized carbons (Fsp3) is 0.294. The molecule has 7 nitrogen and oxygen atoms in total. The number of benzene rings is 2. The zero-order valence-electron chi connectivity index (χ0n) is 13.8. The molecule has 1 N–H and O–H groups in total. The number of fused-ring (bicyclic) bond motifs is 1. The summed E-state index contributed by atoms with van der Waals surface area (Å²) in [6.07, 6.45) is 2.19. The molecule has 1 amide bonds. The lowest BCUT2D eigenvalue weighted by Crippen LogP contribution is -2.42. The maximum atomic E-state index is 12.8. The van der Waals surface area contributed by atoms with Gasteiger partial charge in [0.25, 0.3) is 11.6 Å². The van der Waals surface area contributed by atoms with Crippen molar-refractivity contribution < 1.29 is 19.6 Å². The first-order valence-electron chi connectivity index (χ1n) is 7.53. The molecule has 0 fully saturated rings. The fourth-order valence-corrected chi connectivity index (χ4v) is 3.14. The number of thioether (sulfide) groups is 1. The van der Waals surface area contributed by atoms with E-state index in [0.29, 0.717) is 22.9 Å². The standard InChI is InChI=1S/C17H18N2O5S/c1-18(15(17(21)22)9-10-25-2)16(20)13-7-3-6-12-11(13)5-4-8-14(12)19(23)24/h3-8,15H,9-10H2,1-2H3,(H,21,22)/t15-/m0/s1. The molecular formula is C17H18N2O5S. The van der Waals surface area contributed by atoms with Gasteiger partial charge in [-0.15, -0.1) is 0 Å². The molecule has 0 aliphatic rings. The van der Waals surface area contributed by atoms with Crippen molar-refractivity contribution in [3.63, 3.8) is 0 Å². The van der Waals surface area contributed by atoms with E-state index in [1.807, 2.05) is 6.26 Å². The minimum Gasteiger partial charge on any atom is -0.480 e. The van der Waals surface area contributed by atoms with Gasteiger partial charge in [0.1, 0.15) is 6.04 Å². The highest BCUT2D eigenvalue weighted by atomic mass is 32.2. The number of nitrogens with zero attached hydrogens (tertiary/aromatic N) is 2. The van der Waals surface area contributed by atoms with Crippen LogP contribution in [0.1, 0.15) is 16.8 Å². The number of hydrogen-bond acceptors (Lipinski definition) is 5. The molecule has 2 rings (SSSR count). The summed E-state index contributed by atoms with van der Waals surface area (Å²) in [5.41, 5.74) is 0.158. The van der Waals surface area contributed by atoms with Crippen molar-refractivity contribution >= 4 is 40.1 Å². The Hall–Kier alpha value is -2.61. The Bertz CT molecular complexity index is 824. The monoisotopic (exact) mass is 362 g/mol. The molecular weight excluding hydrogens is 344 g/mol. The fourth-order valence-electron chi connectivity index (χ4n) is 2.68. The van der Waals surface area contributed by atoms with Crippen molar-refractivity contribution in [2.24, 2.45) is 0 Å². The highest BCUT2D eigenvalue weighted by molar-refractivity contribution is 7.98. The first-order valence-corrected chi connectivity index (χ1v) is 8.93. The van der Waals surface area contributed by atoms with E-state index in [-0.39, 0.29) is 11.3 Å². The second kappa shape index (κ2) is 7.98.